The van der Waals surface area contributed by atoms with Crippen molar-refractivity contribution in [2.45, 2.75) is 19.4 Å². The zero-order valence-corrected chi connectivity index (χ0v) is 10.1. The van der Waals surface area contributed by atoms with Crippen molar-refractivity contribution in [3.8, 4) is 6.07 Å². The van der Waals surface area contributed by atoms with Crippen LogP contribution in [0, 0.1) is 23.1 Å². The Morgan fingerprint density at radius 2 is 2.17 bits per heavy atom. The van der Waals surface area contributed by atoms with Gasteiger partial charge >= 0.3 is 0 Å². The normalized spacial score (nSPS) is 17.3. The van der Waals surface area contributed by atoms with Crippen molar-refractivity contribution < 1.29 is 9.18 Å². The first-order valence-corrected chi connectivity index (χ1v) is 6.09. The molecule has 0 bridgehead atoms. The highest BCUT2D eigenvalue weighted by molar-refractivity contribution is 5.53. The topological polar surface area (TPSA) is 44.1 Å². The van der Waals surface area contributed by atoms with Gasteiger partial charge in [0.05, 0.1) is 11.6 Å². The van der Waals surface area contributed by atoms with Crippen molar-refractivity contribution >= 4 is 6.29 Å². The number of hydrogen-bond acceptors (Lipinski definition) is 3. The molecule has 0 saturated carbocycles. The molecule has 0 radical (unpaired) electrons. The fourth-order valence-corrected chi connectivity index (χ4v) is 2.25. The minimum Gasteiger partial charge on any atom is -0.303 e. The van der Waals surface area contributed by atoms with Gasteiger partial charge in [-0.15, -0.1) is 0 Å². The maximum atomic E-state index is 13.6. The standard InChI is InChI=1S/C14H15FN2O/c15-14-2-1-12(8-16)7-13(14)9-17-5-3-11(10-18)4-6-17/h1-2,7,10-11H,3-6,9H2. The second-order valence-corrected chi connectivity index (χ2v) is 4.67. The van der Waals surface area contributed by atoms with Gasteiger partial charge in [0.2, 0.25) is 0 Å². The van der Waals surface area contributed by atoms with Crippen molar-refractivity contribution in [1.82, 2.24) is 4.90 Å². The molecule has 1 aromatic carbocycles. The summed E-state index contributed by atoms with van der Waals surface area (Å²) in [4.78, 5) is 12.8. The predicted octanol–water partition coefficient (Wildman–Crippen LogP) is 2.11. The van der Waals surface area contributed by atoms with Crippen LogP contribution >= 0.6 is 0 Å². The van der Waals surface area contributed by atoms with Crippen LogP contribution < -0.4 is 0 Å². The fraction of sp³-hybridized carbons (Fsp3) is 0.429. The molecular weight excluding hydrogens is 231 g/mol. The molecule has 1 aromatic rings. The molecule has 1 heterocycles. The number of hydrogen-bond donors (Lipinski definition) is 0. The number of carbonyl (C=O) groups is 1. The van der Waals surface area contributed by atoms with Gasteiger partial charge in [-0.3, -0.25) is 4.90 Å². The number of rotatable bonds is 3. The third-order valence-corrected chi connectivity index (χ3v) is 3.39. The summed E-state index contributed by atoms with van der Waals surface area (Å²) < 4.78 is 13.6. The molecule has 0 spiro atoms. The monoisotopic (exact) mass is 246 g/mol. The van der Waals surface area contributed by atoms with Gasteiger partial charge in [0.25, 0.3) is 0 Å². The molecule has 94 valence electrons. The Morgan fingerprint density at radius 1 is 1.44 bits per heavy atom. The first kappa shape index (κ1) is 12.7. The number of aldehydes is 1. The van der Waals surface area contributed by atoms with Gasteiger partial charge in [-0.05, 0) is 44.1 Å². The van der Waals surface area contributed by atoms with Gasteiger partial charge in [0.15, 0.2) is 0 Å². The summed E-state index contributed by atoms with van der Waals surface area (Å²) in [5.41, 5.74) is 1.03. The smallest absolute Gasteiger partial charge is 0.127 e. The first-order chi connectivity index (χ1) is 8.72. The van der Waals surface area contributed by atoms with Crippen LogP contribution in [0.25, 0.3) is 0 Å². The molecule has 1 fully saturated rings. The molecule has 0 aromatic heterocycles. The van der Waals surface area contributed by atoms with E-state index in [2.05, 4.69) is 4.90 Å². The van der Waals surface area contributed by atoms with Crippen LogP contribution in [0.4, 0.5) is 4.39 Å². The lowest BCUT2D eigenvalue weighted by molar-refractivity contribution is -0.112. The SMILES string of the molecule is N#Cc1ccc(F)c(CN2CCC(C=O)CC2)c1. The van der Waals surface area contributed by atoms with Crippen LogP contribution in [0.2, 0.25) is 0 Å². The number of benzene rings is 1. The van der Waals surface area contributed by atoms with Gasteiger partial charge in [0, 0.05) is 18.0 Å². The average Bonchev–Trinajstić information content (AvgIpc) is 2.42. The Hall–Kier alpha value is -1.73. The Bertz CT molecular complexity index is 473. The minimum absolute atomic E-state index is 0.150. The molecule has 0 unspecified atom stereocenters. The van der Waals surface area contributed by atoms with Crippen molar-refractivity contribution in [2.75, 3.05) is 13.1 Å². The maximum absolute atomic E-state index is 13.6. The minimum atomic E-state index is -0.272. The van der Waals surface area contributed by atoms with Crippen LogP contribution in [0.1, 0.15) is 24.0 Å². The molecule has 1 aliphatic rings. The fourth-order valence-electron chi connectivity index (χ4n) is 2.25. The van der Waals surface area contributed by atoms with E-state index in [-0.39, 0.29) is 11.7 Å². The number of piperidine rings is 1. The Morgan fingerprint density at radius 3 is 2.78 bits per heavy atom. The van der Waals surface area contributed by atoms with Gasteiger partial charge < -0.3 is 4.79 Å². The molecule has 0 aliphatic carbocycles. The Balaban J connectivity index is 2.02. The van der Waals surface area contributed by atoms with E-state index in [1.165, 1.54) is 12.1 Å². The van der Waals surface area contributed by atoms with E-state index in [0.717, 1.165) is 32.2 Å². The van der Waals surface area contributed by atoms with Crippen LogP contribution in [-0.2, 0) is 11.3 Å². The molecule has 0 amide bonds. The van der Waals surface area contributed by atoms with Crippen LogP contribution in [0.3, 0.4) is 0 Å². The van der Waals surface area contributed by atoms with Gasteiger partial charge in [0.1, 0.15) is 12.1 Å². The van der Waals surface area contributed by atoms with E-state index in [1.807, 2.05) is 6.07 Å². The molecule has 0 N–H and O–H groups in total. The van der Waals surface area contributed by atoms with Crippen LogP contribution in [0.15, 0.2) is 18.2 Å². The van der Waals surface area contributed by atoms with Gasteiger partial charge in [-0.1, -0.05) is 0 Å². The Kier molecular flexibility index (Phi) is 4.06. The van der Waals surface area contributed by atoms with Crippen molar-refractivity contribution in [3.63, 3.8) is 0 Å². The highest BCUT2D eigenvalue weighted by Gasteiger charge is 2.19. The van der Waals surface area contributed by atoms with E-state index in [0.29, 0.717) is 17.7 Å². The van der Waals surface area contributed by atoms with E-state index < -0.39 is 0 Å². The lowest BCUT2D eigenvalue weighted by atomic mass is 9.98. The van der Waals surface area contributed by atoms with E-state index >= 15 is 0 Å². The van der Waals surface area contributed by atoms with E-state index in [1.54, 1.807) is 6.07 Å². The van der Waals surface area contributed by atoms with Crippen LogP contribution in [-0.4, -0.2) is 24.3 Å². The second kappa shape index (κ2) is 5.74. The van der Waals surface area contributed by atoms with E-state index in [9.17, 15) is 9.18 Å². The van der Waals surface area contributed by atoms with Crippen molar-refractivity contribution in [2.24, 2.45) is 5.92 Å². The van der Waals surface area contributed by atoms with Crippen molar-refractivity contribution in [3.05, 3.63) is 35.1 Å². The lowest BCUT2D eigenvalue weighted by Crippen LogP contribution is -2.33. The second-order valence-electron chi connectivity index (χ2n) is 4.67. The molecule has 3 nitrogen and oxygen atoms in total. The molecule has 1 saturated heterocycles. The summed E-state index contributed by atoms with van der Waals surface area (Å²) in [5, 5.41) is 8.80. The molecule has 18 heavy (non-hydrogen) atoms. The van der Waals surface area contributed by atoms with E-state index in [4.69, 9.17) is 5.26 Å². The zero-order chi connectivity index (χ0) is 13.0. The third kappa shape index (κ3) is 2.93. The quantitative estimate of drug-likeness (QED) is 0.767. The number of halogens is 1. The highest BCUT2D eigenvalue weighted by atomic mass is 19.1. The lowest BCUT2D eigenvalue weighted by Gasteiger charge is -2.29. The summed E-state index contributed by atoms with van der Waals surface area (Å²) >= 11 is 0. The van der Waals surface area contributed by atoms with Crippen LogP contribution in [0.5, 0.6) is 0 Å². The predicted molar refractivity (Wildman–Crippen MR) is 65.2 cm³/mol. The number of nitrogens with zero attached hydrogens (tertiary/aromatic N) is 2. The molecule has 4 heteroatoms. The van der Waals surface area contributed by atoms with Gasteiger partial charge in [-0.2, -0.15) is 5.26 Å². The third-order valence-electron chi connectivity index (χ3n) is 3.39. The summed E-state index contributed by atoms with van der Waals surface area (Å²) in [6.07, 6.45) is 2.68. The average molecular weight is 246 g/mol. The number of nitriles is 1. The molecule has 2 rings (SSSR count). The number of likely N-dealkylation sites (tertiary alicyclic amines) is 1. The molecular formula is C14H15FN2O. The molecule has 1 aliphatic heterocycles. The van der Waals surface area contributed by atoms with Gasteiger partial charge in [-0.25, -0.2) is 4.39 Å². The summed E-state index contributed by atoms with van der Waals surface area (Å²) in [7, 11) is 0. The summed E-state index contributed by atoms with van der Waals surface area (Å²) in [6, 6.07) is 6.44. The first-order valence-electron chi connectivity index (χ1n) is 6.09. The Labute approximate surface area is 106 Å². The largest absolute Gasteiger partial charge is 0.303 e. The zero-order valence-electron chi connectivity index (χ0n) is 10.1. The maximum Gasteiger partial charge on any atom is 0.127 e. The summed E-state index contributed by atoms with van der Waals surface area (Å²) in [5.74, 6) is -0.122. The number of carbonyl (C=O) groups excluding carboxylic acids is 1. The summed E-state index contributed by atoms with van der Waals surface area (Å²) in [6.45, 7) is 2.12. The highest BCUT2D eigenvalue weighted by Crippen LogP contribution is 2.19. The van der Waals surface area contributed by atoms with Crippen molar-refractivity contribution in [1.29, 1.82) is 5.26 Å². The molecule has 0 atom stereocenters.